The van der Waals surface area contributed by atoms with E-state index >= 15 is 0 Å². The molecule has 0 saturated carbocycles. The number of nitrogens with one attached hydrogen (secondary N) is 1. The first-order valence-electron chi connectivity index (χ1n) is 5.55. The van der Waals surface area contributed by atoms with E-state index in [1.807, 2.05) is 0 Å². The molecular formula is C12H9BrClFN2O2S. The standard InChI is InChI=1S/C12H9BrClFN2O2S/c1-2-19-11(18)9-5-20-12(16-9)17-10-7(13)3-6(15)4-8(10)14/h3-5H,2H2,1H3,(H,16,17). The van der Waals surface area contributed by atoms with Gasteiger partial charge in [0.2, 0.25) is 0 Å². The third kappa shape index (κ3) is 3.47. The highest BCUT2D eigenvalue weighted by atomic mass is 79.9. The number of hydrogen-bond acceptors (Lipinski definition) is 5. The Morgan fingerprint density at radius 1 is 1.60 bits per heavy atom. The van der Waals surface area contributed by atoms with Crippen LogP contribution in [0.25, 0.3) is 0 Å². The van der Waals surface area contributed by atoms with Gasteiger partial charge in [-0.2, -0.15) is 0 Å². The van der Waals surface area contributed by atoms with Crippen LogP contribution in [0.1, 0.15) is 17.4 Å². The zero-order valence-corrected chi connectivity index (χ0v) is 13.4. The molecule has 8 heteroatoms. The largest absolute Gasteiger partial charge is 0.461 e. The van der Waals surface area contributed by atoms with Crippen molar-refractivity contribution in [3.8, 4) is 0 Å². The number of carbonyl (C=O) groups is 1. The average molecular weight is 380 g/mol. The van der Waals surface area contributed by atoms with E-state index < -0.39 is 11.8 Å². The van der Waals surface area contributed by atoms with Crippen molar-refractivity contribution in [3.63, 3.8) is 0 Å². The molecular weight excluding hydrogens is 371 g/mol. The molecule has 0 aliphatic carbocycles. The number of anilines is 2. The predicted octanol–water partition coefficient (Wildman–Crippen LogP) is 4.62. The van der Waals surface area contributed by atoms with Gasteiger partial charge in [0.1, 0.15) is 5.82 Å². The molecule has 2 aromatic rings. The topological polar surface area (TPSA) is 51.2 Å². The SMILES string of the molecule is CCOC(=O)c1csc(Nc2c(Cl)cc(F)cc2Br)n1. The summed E-state index contributed by atoms with van der Waals surface area (Å²) in [5, 5.41) is 5.19. The molecule has 0 bridgehead atoms. The van der Waals surface area contributed by atoms with Crippen molar-refractivity contribution < 1.29 is 13.9 Å². The van der Waals surface area contributed by atoms with Crippen LogP contribution in [-0.2, 0) is 4.74 Å². The molecule has 0 saturated heterocycles. The minimum absolute atomic E-state index is 0.213. The number of ether oxygens (including phenoxy) is 1. The van der Waals surface area contributed by atoms with E-state index in [0.29, 0.717) is 15.3 Å². The van der Waals surface area contributed by atoms with E-state index in [-0.39, 0.29) is 17.3 Å². The molecule has 0 aliphatic heterocycles. The Labute approximate surface area is 132 Å². The van der Waals surface area contributed by atoms with Gasteiger partial charge in [0, 0.05) is 9.85 Å². The van der Waals surface area contributed by atoms with E-state index in [4.69, 9.17) is 16.3 Å². The van der Waals surface area contributed by atoms with Gasteiger partial charge in [0.05, 0.1) is 17.3 Å². The highest BCUT2D eigenvalue weighted by Gasteiger charge is 2.14. The minimum Gasteiger partial charge on any atom is -0.461 e. The number of rotatable bonds is 4. The quantitative estimate of drug-likeness (QED) is 0.788. The molecule has 0 radical (unpaired) electrons. The van der Waals surface area contributed by atoms with E-state index in [2.05, 4.69) is 26.2 Å². The summed E-state index contributed by atoms with van der Waals surface area (Å²) < 4.78 is 18.4. The third-order valence-electron chi connectivity index (χ3n) is 2.23. The lowest BCUT2D eigenvalue weighted by Crippen LogP contribution is -2.05. The van der Waals surface area contributed by atoms with E-state index in [1.165, 1.54) is 23.5 Å². The Morgan fingerprint density at radius 2 is 2.35 bits per heavy atom. The van der Waals surface area contributed by atoms with Gasteiger partial charge in [-0.1, -0.05) is 11.6 Å². The Balaban J connectivity index is 2.21. The number of benzene rings is 1. The van der Waals surface area contributed by atoms with Crippen LogP contribution in [0.15, 0.2) is 22.0 Å². The van der Waals surface area contributed by atoms with Crippen molar-refractivity contribution in [3.05, 3.63) is 38.5 Å². The lowest BCUT2D eigenvalue weighted by molar-refractivity contribution is 0.0520. The Morgan fingerprint density at radius 3 is 3.00 bits per heavy atom. The fourth-order valence-corrected chi connectivity index (χ4v) is 2.98. The van der Waals surface area contributed by atoms with Gasteiger partial charge >= 0.3 is 5.97 Å². The molecule has 0 atom stereocenters. The van der Waals surface area contributed by atoms with Crippen LogP contribution in [0.5, 0.6) is 0 Å². The Bertz CT molecular complexity index is 627. The Hall–Kier alpha value is -1.18. The van der Waals surface area contributed by atoms with Gasteiger partial charge in [0.25, 0.3) is 0 Å². The highest BCUT2D eigenvalue weighted by Crippen LogP contribution is 2.34. The van der Waals surface area contributed by atoms with Gasteiger partial charge in [-0.3, -0.25) is 0 Å². The summed E-state index contributed by atoms with van der Waals surface area (Å²) in [6, 6.07) is 2.47. The van der Waals surface area contributed by atoms with Crippen molar-refractivity contribution in [2.24, 2.45) is 0 Å². The molecule has 0 spiro atoms. The minimum atomic E-state index is -0.485. The van der Waals surface area contributed by atoms with Gasteiger partial charge < -0.3 is 10.1 Å². The summed E-state index contributed by atoms with van der Waals surface area (Å²) in [4.78, 5) is 15.6. The molecule has 1 aromatic heterocycles. The second-order valence-electron chi connectivity index (χ2n) is 3.63. The lowest BCUT2D eigenvalue weighted by Gasteiger charge is -2.08. The van der Waals surface area contributed by atoms with Crippen LogP contribution in [0.2, 0.25) is 5.02 Å². The van der Waals surface area contributed by atoms with Crippen molar-refractivity contribution >= 4 is 55.7 Å². The maximum absolute atomic E-state index is 13.1. The van der Waals surface area contributed by atoms with Crippen LogP contribution >= 0.6 is 38.9 Å². The predicted molar refractivity (Wildman–Crippen MR) is 80.5 cm³/mol. The number of nitrogens with zero attached hydrogens (tertiary/aromatic N) is 1. The summed E-state index contributed by atoms with van der Waals surface area (Å²) >= 11 is 10.4. The second kappa shape index (κ2) is 6.51. The molecule has 2 rings (SSSR count). The fourth-order valence-electron chi connectivity index (χ4n) is 1.40. The maximum atomic E-state index is 13.1. The molecule has 1 N–H and O–H groups in total. The molecule has 0 fully saturated rings. The van der Waals surface area contributed by atoms with Crippen molar-refractivity contribution in [1.82, 2.24) is 4.98 Å². The van der Waals surface area contributed by atoms with Gasteiger partial charge in [0.15, 0.2) is 10.8 Å². The summed E-state index contributed by atoms with van der Waals surface area (Å²) in [5.74, 6) is -0.931. The van der Waals surface area contributed by atoms with E-state index in [0.717, 1.165) is 0 Å². The molecule has 0 aliphatic rings. The van der Waals surface area contributed by atoms with Gasteiger partial charge in [-0.15, -0.1) is 11.3 Å². The zero-order chi connectivity index (χ0) is 14.7. The number of carbonyl (C=O) groups excluding carboxylic acids is 1. The molecule has 0 unspecified atom stereocenters. The summed E-state index contributed by atoms with van der Waals surface area (Å²) in [5.41, 5.74) is 0.700. The summed E-state index contributed by atoms with van der Waals surface area (Å²) in [6.07, 6.45) is 0. The summed E-state index contributed by atoms with van der Waals surface area (Å²) in [7, 11) is 0. The lowest BCUT2D eigenvalue weighted by atomic mass is 10.3. The Kier molecular flexibility index (Phi) is 4.95. The summed E-state index contributed by atoms with van der Waals surface area (Å²) in [6.45, 7) is 2.01. The van der Waals surface area contributed by atoms with Gasteiger partial charge in [-0.05, 0) is 35.0 Å². The van der Waals surface area contributed by atoms with E-state index in [9.17, 15) is 9.18 Å². The fraction of sp³-hybridized carbons (Fsp3) is 0.167. The number of aromatic nitrogens is 1. The van der Waals surface area contributed by atoms with Crippen LogP contribution in [0.3, 0.4) is 0 Å². The van der Waals surface area contributed by atoms with Crippen LogP contribution < -0.4 is 5.32 Å². The van der Waals surface area contributed by atoms with Crippen LogP contribution in [0, 0.1) is 5.82 Å². The number of hydrogen-bond donors (Lipinski definition) is 1. The molecule has 1 heterocycles. The maximum Gasteiger partial charge on any atom is 0.357 e. The monoisotopic (exact) mass is 378 g/mol. The zero-order valence-electron chi connectivity index (χ0n) is 10.2. The molecule has 0 amide bonds. The van der Waals surface area contributed by atoms with Gasteiger partial charge in [-0.25, -0.2) is 14.2 Å². The molecule has 106 valence electrons. The van der Waals surface area contributed by atoms with Crippen LogP contribution in [-0.4, -0.2) is 17.6 Å². The number of thiazole rings is 1. The van der Waals surface area contributed by atoms with Crippen LogP contribution in [0.4, 0.5) is 15.2 Å². The second-order valence-corrected chi connectivity index (χ2v) is 5.75. The van der Waals surface area contributed by atoms with Crippen molar-refractivity contribution in [2.45, 2.75) is 6.92 Å². The number of esters is 1. The molecule has 20 heavy (non-hydrogen) atoms. The van der Waals surface area contributed by atoms with E-state index in [1.54, 1.807) is 12.3 Å². The first-order valence-corrected chi connectivity index (χ1v) is 7.60. The molecule has 4 nitrogen and oxygen atoms in total. The smallest absolute Gasteiger partial charge is 0.357 e. The number of halogens is 3. The first-order chi connectivity index (χ1) is 9.51. The average Bonchev–Trinajstić information content (AvgIpc) is 2.82. The highest BCUT2D eigenvalue weighted by molar-refractivity contribution is 9.10. The van der Waals surface area contributed by atoms with Crippen molar-refractivity contribution in [2.75, 3.05) is 11.9 Å². The van der Waals surface area contributed by atoms with Crippen molar-refractivity contribution in [1.29, 1.82) is 0 Å². The normalized spacial score (nSPS) is 10.4. The first kappa shape index (κ1) is 15.2. The molecule has 1 aromatic carbocycles. The third-order valence-corrected chi connectivity index (χ3v) is 3.91.